The van der Waals surface area contributed by atoms with Crippen molar-refractivity contribution in [2.75, 3.05) is 5.73 Å². The van der Waals surface area contributed by atoms with Gasteiger partial charge in [0, 0.05) is 16.5 Å². The van der Waals surface area contributed by atoms with Gasteiger partial charge in [0.1, 0.15) is 23.8 Å². The smallest absolute Gasteiger partial charge is 0.142 e. The molecule has 0 atom stereocenters. The van der Waals surface area contributed by atoms with Crippen molar-refractivity contribution in [3.05, 3.63) is 71.6 Å². The number of hydrogen-bond donors (Lipinski definition) is 1. The maximum Gasteiger partial charge on any atom is 0.142 e. The first-order valence-electron chi connectivity index (χ1n) is 7.64. The van der Waals surface area contributed by atoms with Crippen molar-refractivity contribution in [2.45, 2.75) is 0 Å². The Balaban J connectivity index is 1.95. The zero-order chi connectivity index (χ0) is 18.3. The lowest BCUT2D eigenvalue weighted by atomic mass is 9.98. The molecule has 4 rings (SSSR count). The highest BCUT2D eigenvalue weighted by atomic mass is 35.5. The first-order valence-corrected chi connectivity index (χ1v) is 8.02. The minimum absolute atomic E-state index is 0.0317. The molecular formula is C19H11ClF2N4. The van der Waals surface area contributed by atoms with Crippen molar-refractivity contribution in [3.63, 3.8) is 0 Å². The van der Waals surface area contributed by atoms with Crippen LogP contribution in [0.3, 0.4) is 0 Å². The zero-order valence-corrected chi connectivity index (χ0v) is 14.0. The van der Waals surface area contributed by atoms with E-state index >= 15 is 0 Å². The van der Waals surface area contributed by atoms with Gasteiger partial charge in [-0.15, -0.1) is 0 Å². The summed E-state index contributed by atoms with van der Waals surface area (Å²) < 4.78 is 27.4. The number of halogens is 3. The summed E-state index contributed by atoms with van der Waals surface area (Å²) in [4.78, 5) is 12.3. The molecule has 2 aromatic heterocycles. The number of rotatable bonds is 2. The van der Waals surface area contributed by atoms with Crippen LogP contribution in [0.1, 0.15) is 0 Å². The molecule has 7 heteroatoms. The Morgan fingerprint density at radius 3 is 2.50 bits per heavy atom. The van der Waals surface area contributed by atoms with E-state index in [0.29, 0.717) is 39.1 Å². The molecule has 0 saturated heterocycles. The molecule has 4 nitrogen and oxygen atoms in total. The fourth-order valence-corrected chi connectivity index (χ4v) is 2.96. The lowest BCUT2D eigenvalue weighted by Gasteiger charge is -2.11. The summed E-state index contributed by atoms with van der Waals surface area (Å²) in [7, 11) is 0. The fraction of sp³-hybridized carbons (Fsp3) is 0. The van der Waals surface area contributed by atoms with Crippen molar-refractivity contribution < 1.29 is 8.78 Å². The second-order valence-corrected chi connectivity index (χ2v) is 6.08. The van der Waals surface area contributed by atoms with Crippen molar-refractivity contribution in [1.29, 1.82) is 0 Å². The number of nitrogens with zero attached hydrogens (tertiary/aromatic N) is 3. The predicted molar refractivity (Wildman–Crippen MR) is 97.5 cm³/mol. The summed E-state index contributed by atoms with van der Waals surface area (Å²) in [5.41, 5.74) is 8.85. The Morgan fingerprint density at radius 2 is 1.69 bits per heavy atom. The SMILES string of the molecule is Nc1ncnc2ccc(-c3cc(F)cnc3-c3ccc(F)c(Cl)c3)cc12. The number of fused-ring (bicyclic) bond motifs is 1. The van der Waals surface area contributed by atoms with Crippen LogP contribution in [0.2, 0.25) is 5.02 Å². The molecule has 0 unspecified atom stereocenters. The van der Waals surface area contributed by atoms with Gasteiger partial charge >= 0.3 is 0 Å². The van der Waals surface area contributed by atoms with E-state index in [0.717, 1.165) is 6.20 Å². The topological polar surface area (TPSA) is 64.7 Å². The molecule has 26 heavy (non-hydrogen) atoms. The lowest BCUT2D eigenvalue weighted by Crippen LogP contribution is -1.95. The summed E-state index contributed by atoms with van der Waals surface area (Å²) in [6.07, 6.45) is 2.49. The number of anilines is 1. The van der Waals surface area contributed by atoms with Gasteiger partial charge in [-0.25, -0.2) is 18.7 Å². The predicted octanol–water partition coefficient (Wildman–Crippen LogP) is 4.87. The van der Waals surface area contributed by atoms with Crippen LogP contribution < -0.4 is 5.73 Å². The highest BCUT2D eigenvalue weighted by molar-refractivity contribution is 6.31. The summed E-state index contributed by atoms with van der Waals surface area (Å²) in [5, 5.41) is 0.619. The first-order chi connectivity index (χ1) is 12.5. The largest absolute Gasteiger partial charge is 0.383 e. The second kappa shape index (κ2) is 6.31. The first kappa shape index (κ1) is 16.4. The average molecular weight is 369 g/mol. The number of nitrogens with two attached hydrogens (primary N) is 1. The van der Waals surface area contributed by atoms with E-state index < -0.39 is 11.6 Å². The number of aromatic nitrogens is 3. The van der Waals surface area contributed by atoms with Crippen LogP contribution in [0, 0.1) is 11.6 Å². The molecular weight excluding hydrogens is 358 g/mol. The fourth-order valence-electron chi connectivity index (χ4n) is 2.78. The van der Waals surface area contributed by atoms with Gasteiger partial charge in [-0.3, -0.25) is 4.98 Å². The van der Waals surface area contributed by atoms with Crippen molar-refractivity contribution in [1.82, 2.24) is 15.0 Å². The Hall–Kier alpha value is -3.12. The summed E-state index contributed by atoms with van der Waals surface area (Å²) >= 11 is 5.88. The Labute approximate surface area is 152 Å². The Bertz CT molecular complexity index is 1150. The third kappa shape index (κ3) is 2.84. The highest BCUT2D eigenvalue weighted by Crippen LogP contribution is 2.34. The van der Waals surface area contributed by atoms with Crippen molar-refractivity contribution in [2.24, 2.45) is 0 Å². The summed E-state index contributed by atoms with van der Waals surface area (Å²) in [5.74, 6) is -0.698. The van der Waals surface area contributed by atoms with E-state index in [1.807, 2.05) is 0 Å². The van der Waals surface area contributed by atoms with Gasteiger partial charge in [0.05, 0.1) is 22.4 Å². The van der Waals surface area contributed by atoms with Crippen LogP contribution in [0.25, 0.3) is 33.3 Å². The van der Waals surface area contributed by atoms with Crippen LogP contribution in [0.5, 0.6) is 0 Å². The third-order valence-electron chi connectivity index (χ3n) is 4.02. The maximum absolute atomic E-state index is 13.9. The molecule has 0 aliphatic heterocycles. The van der Waals surface area contributed by atoms with Crippen LogP contribution in [0.15, 0.2) is 55.0 Å². The van der Waals surface area contributed by atoms with E-state index in [2.05, 4.69) is 15.0 Å². The monoisotopic (exact) mass is 368 g/mol. The number of nitrogen functional groups attached to an aromatic ring is 1. The number of pyridine rings is 1. The molecule has 2 aromatic carbocycles. The van der Waals surface area contributed by atoms with Gasteiger partial charge in [0.2, 0.25) is 0 Å². The van der Waals surface area contributed by atoms with E-state index in [9.17, 15) is 8.78 Å². The lowest BCUT2D eigenvalue weighted by molar-refractivity contribution is 0.622. The molecule has 0 radical (unpaired) electrons. The highest BCUT2D eigenvalue weighted by Gasteiger charge is 2.14. The summed E-state index contributed by atoms with van der Waals surface area (Å²) in [6, 6.07) is 11.0. The van der Waals surface area contributed by atoms with E-state index in [4.69, 9.17) is 17.3 Å². The molecule has 128 valence electrons. The van der Waals surface area contributed by atoms with Crippen LogP contribution in [-0.4, -0.2) is 15.0 Å². The normalized spacial score (nSPS) is 11.0. The average Bonchev–Trinajstić information content (AvgIpc) is 2.64. The molecule has 0 amide bonds. The molecule has 0 bridgehead atoms. The number of hydrogen-bond acceptors (Lipinski definition) is 4. The molecule has 0 aliphatic carbocycles. The zero-order valence-electron chi connectivity index (χ0n) is 13.2. The molecule has 0 fully saturated rings. The van der Waals surface area contributed by atoms with Crippen LogP contribution >= 0.6 is 11.6 Å². The van der Waals surface area contributed by atoms with Gasteiger partial charge in [-0.1, -0.05) is 17.7 Å². The molecule has 2 heterocycles. The van der Waals surface area contributed by atoms with E-state index in [-0.39, 0.29) is 5.02 Å². The molecule has 4 aromatic rings. The molecule has 0 spiro atoms. The van der Waals surface area contributed by atoms with Gasteiger partial charge in [0.15, 0.2) is 0 Å². The third-order valence-corrected chi connectivity index (χ3v) is 4.31. The molecule has 0 aliphatic rings. The summed E-state index contributed by atoms with van der Waals surface area (Å²) in [6.45, 7) is 0. The standard InChI is InChI=1S/C19H11ClF2N4/c20-15-6-11(1-3-16(15)22)18-13(7-12(21)8-24-18)10-2-4-17-14(5-10)19(23)26-9-25-17/h1-9H,(H2,23,25,26). The molecule has 0 saturated carbocycles. The van der Waals surface area contributed by atoms with Crippen LogP contribution in [-0.2, 0) is 0 Å². The Morgan fingerprint density at radius 1 is 0.885 bits per heavy atom. The van der Waals surface area contributed by atoms with Gasteiger partial charge in [0.25, 0.3) is 0 Å². The maximum atomic E-state index is 13.9. The van der Waals surface area contributed by atoms with Crippen molar-refractivity contribution >= 4 is 28.3 Å². The van der Waals surface area contributed by atoms with E-state index in [1.54, 1.807) is 24.3 Å². The second-order valence-electron chi connectivity index (χ2n) is 5.67. The van der Waals surface area contributed by atoms with Crippen LogP contribution in [0.4, 0.5) is 14.6 Å². The number of benzene rings is 2. The van der Waals surface area contributed by atoms with Gasteiger partial charge in [-0.05, 0) is 42.0 Å². The van der Waals surface area contributed by atoms with Crippen molar-refractivity contribution in [3.8, 4) is 22.4 Å². The quantitative estimate of drug-likeness (QED) is 0.548. The van der Waals surface area contributed by atoms with E-state index in [1.165, 1.54) is 24.5 Å². The Kier molecular flexibility index (Phi) is 3.97. The molecule has 2 N–H and O–H groups in total. The van der Waals surface area contributed by atoms with Gasteiger partial charge in [-0.2, -0.15) is 0 Å². The minimum atomic E-state index is -0.533. The van der Waals surface area contributed by atoms with Gasteiger partial charge < -0.3 is 5.73 Å². The minimum Gasteiger partial charge on any atom is -0.383 e.